The van der Waals surface area contributed by atoms with E-state index in [-0.39, 0.29) is 6.04 Å². The molecule has 0 aromatic heterocycles. The van der Waals surface area contributed by atoms with E-state index in [4.69, 9.17) is 5.73 Å². The largest absolute Gasteiger partial charge is 0.324 e. The fourth-order valence-corrected chi connectivity index (χ4v) is 1.73. The van der Waals surface area contributed by atoms with Crippen LogP contribution >= 0.6 is 0 Å². The fraction of sp³-hybridized carbons (Fsp3) is 0.571. The molecule has 2 N–H and O–H groups in total. The molecular formula is C14H23N. The fourth-order valence-electron chi connectivity index (χ4n) is 1.73. The lowest BCUT2D eigenvalue weighted by atomic mass is 9.94. The molecule has 1 aromatic carbocycles. The van der Waals surface area contributed by atoms with Gasteiger partial charge in [-0.1, -0.05) is 52.0 Å². The molecule has 0 saturated carbocycles. The summed E-state index contributed by atoms with van der Waals surface area (Å²) in [6, 6.07) is 8.91. The van der Waals surface area contributed by atoms with E-state index in [1.165, 1.54) is 11.1 Å². The average Bonchev–Trinajstić information content (AvgIpc) is 2.17. The van der Waals surface area contributed by atoms with Crippen molar-refractivity contribution in [2.24, 2.45) is 17.6 Å². The summed E-state index contributed by atoms with van der Waals surface area (Å²) in [5.41, 5.74) is 8.74. The highest BCUT2D eigenvalue weighted by Gasteiger charge is 2.09. The first-order valence-corrected chi connectivity index (χ1v) is 5.85. The lowest BCUT2D eigenvalue weighted by Crippen LogP contribution is -2.16. The number of benzene rings is 1. The van der Waals surface area contributed by atoms with Gasteiger partial charge in [-0.3, -0.25) is 0 Å². The van der Waals surface area contributed by atoms with Crippen molar-refractivity contribution in [3.05, 3.63) is 35.4 Å². The van der Waals surface area contributed by atoms with Crippen molar-refractivity contribution in [1.29, 1.82) is 0 Å². The molecule has 0 bridgehead atoms. The molecule has 0 radical (unpaired) electrons. The van der Waals surface area contributed by atoms with Crippen molar-refractivity contribution in [3.8, 4) is 0 Å². The van der Waals surface area contributed by atoms with Gasteiger partial charge in [0.25, 0.3) is 0 Å². The standard InChI is InChI=1S/C14H23N/c1-10(2)9-12-5-7-13(8-6-12)14(15)11(3)4/h5-8,10-11,14H,9,15H2,1-4H3/t14-/m1/s1. The zero-order valence-electron chi connectivity index (χ0n) is 10.3. The molecule has 1 nitrogen and oxygen atoms in total. The molecule has 15 heavy (non-hydrogen) atoms. The summed E-state index contributed by atoms with van der Waals surface area (Å²) < 4.78 is 0. The van der Waals surface area contributed by atoms with E-state index in [9.17, 15) is 0 Å². The van der Waals surface area contributed by atoms with Crippen LogP contribution in [-0.4, -0.2) is 0 Å². The minimum Gasteiger partial charge on any atom is -0.324 e. The first kappa shape index (κ1) is 12.3. The normalized spacial score (nSPS) is 13.5. The van der Waals surface area contributed by atoms with Crippen molar-refractivity contribution in [3.63, 3.8) is 0 Å². The third-order valence-electron chi connectivity index (χ3n) is 2.73. The molecular weight excluding hydrogens is 182 g/mol. The number of hydrogen-bond donors (Lipinski definition) is 1. The molecule has 0 aliphatic carbocycles. The maximum Gasteiger partial charge on any atom is 0.0318 e. The summed E-state index contributed by atoms with van der Waals surface area (Å²) in [5.74, 6) is 1.22. The first-order chi connectivity index (χ1) is 7.00. The molecule has 1 aromatic rings. The monoisotopic (exact) mass is 205 g/mol. The van der Waals surface area contributed by atoms with Crippen molar-refractivity contribution in [1.82, 2.24) is 0 Å². The Morgan fingerprint density at radius 3 is 1.93 bits per heavy atom. The zero-order chi connectivity index (χ0) is 11.4. The Labute approximate surface area is 93.7 Å². The smallest absolute Gasteiger partial charge is 0.0318 e. The first-order valence-electron chi connectivity index (χ1n) is 5.85. The molecule has 1 rings (SSSR count). The summed E-state index contributed by atoms with van der Waals surface area (Å²) in [6.07, 6.45) is 1.15. The molecule has 0 aliphatic heterocycles. The van der Waals surface area contributed by atoms with Crippen LogP contribution in [0.5, 0.6) is 0 Å². The topological polar surface area (TPSA) is 26.0 Å². The molecule has 0 fully saturated rings. The van der Waals surface area contributed by atoms with Crippen molar-refractivity contribution in [2.45, 2.75) is 40.2 Å². The van der Waals surface area contributed by atoms with Crippen molar-refractivity contribution >= 4 is 0 Å². The molecule has 0 spiro atoms. The highest BCUT2D eigenvalue weighted by molar-refractivity contribution is 5.25. The average molecular weight is 205 g/mol. The minimum absolute atomic E-state index is 0.165. The number of rotatable bonds is 4. The van der Waals surface area contributed by atoms with Crippen LogP contribution in [0.3, 0.4) is 0 Å². The second-order valence-electron chi connectivity index (χ2n) is 5.11. The molecule has 0 amide bonds. The Morgan fingerprint density at radius 2 is 1.53 bits per heavy atom. The van der Waals surface area contributed by atoms with Gasteiger partial charge in [0, 0.05) is 6.04 Å². The van der Waals surface area contributed by atoms with E-state index >= 15 is 0 Å². The van der Waals surface area contributed by atoms with Crippen LogP contribution in [0.2, 0.25) is 0 Å². The molecule has 1 heteroatoms. The molecule has 0 heterocycles. The van der Waals surface area contributed by atoms with E-state index in [0.29, 0.717) is 5.92 Å². The summed E-state index contributed by atoms with van der Waals surface area (Å²) in [4.78, 5) is 0. The summed E-state index contributed by atoms with van der Waals surface area (Å²) >= 11 is 0. The maximum absolute atomic E-state index is 6.09. The van der Waals surface area contributed by atoms with Gasteiger partial charge in [-0.2, -0.15) is 0 Å². The van der Waals surface area contributed by atoms with Gasteiger partial charge in [0.05, 0.1) is 0 Å². The molecule has 0 unspecified atom stereocenters. The van der Waals surface area contributed by atoms with E-state index in [2.05, 4.69) is 52.0 Å². The van der Waals surface area contributed by atoms with Crippen LogP contribution in [-0.2, 0) is 6.42 Å². The highest BCUT2D eigenvalue weighted by Crippen LogP contribution is 2.19. The Morgan fingerprint density at radius 1 is 1.00 bits per heavy atom. The lowest BCUT2D eigenvalue weighted by Gasteiger charge is -2.16. The quantitative estimate of drug-likeness (QED) is 0.799. The van der Waals surface area contributed by atoms with Crippen molar-refractivity contribution in [2.75, 3.05) is 0 Å². The number of nitrogens with two attached hydrogens (primary N) is 1. The van der Waals surface area contributed by atoms with Gasteiger partial charge in [-0.15, -0.1) is 0 Å². The van der Waals surface area contributed by atoms with Crippen LogP contribution in [0.25, 0.3) is 0 Å². The predicted octanol–water partition coefficient (Wildman–Crippen LogP) is 3.54. The van der Waals surface area contributed by atoms with Crippen LogP contribution in [0.4, 0.5) is 0 Å². The minimum atomic E-state index is 0.165. The zero-order valence-corrected chi connectivity index (χ0v) is 10.3. The SMILES string of the molecule is CC(C)Cc1ccc([C@H](N)C(C)C)cc1. The second-order valence-corrected chi connectivity index (χ2v) is 5.11. The Bertz CT molecular complexity index is 285. The Balaban J connectivity index is 2.72. The molecule has 84 valence electrons. The Hall–Kier alpha value is -0.820. The highest BCUT2D eigenvalue weighted by atomic mass is 14.6. The molecule has 0 saturated heterocycles. The van der Waals surface area contributed by atoms with E-state index in [1.807, 2.05) is 0 Å². The van der Waals surface area contributed by atoms with Crippen molar-refractivity contribution < 1.29 is 0 Å². The van der Waals surface area contributed by atoms with Gasteiger partial charge in [0.2, 0.25) is 0 Å². The van der Waals surface area contributed by atoms with Gasteiger partial charge in [0.1, 0.15) is 0 Å². The van der Waals surface area contributed by atoms with Crippen LogP contribution in [0.15, 0.2) is 24.3 Å². The van der Waals surface area contributed by atoms with Gasteiger partial charge in [-0.25, -0.2) is 0 Å². The third kappa shape index (κ3) is 3.67. The van der Waals surface area contributed by atoms with E-state index < -0.39 is 0 Å². The maximum atomic E-state index is 6.09. The van der Waals surface area contributed by atoms with Gasteiger partial charge < -0.3 is 5.73 Å². The third-order valence-corrected chi connectivity index (χ3v) is 2.73. The Kier molecular flexibility index (Phi) is 4.34. The second kappa shape index (κ2) is 5.32. The molecule has 1 atom stereocenters. The van der Waals surface area contributed by atoms with Crippen LogP contribution in [0, 0.1) is 11.8 Å². The van der Waals surface area contributed by atoms with Gasteiger partial charge >= 0.3 is 0 Å². The predicted molar refractivity (Wildman–Crippen MR) is 66.8 cm³/mol. The lowest BCUT2D eigenvalue weighted by molar-refractivity contribution is 0.514. The number of hydrogen-bond acceptors (Lipinski definition) is 1. The van der Waals surface area contributed by atoms with Crippen LogP contribution < -0.4 is 5.73 Å². The van der Waals surface area contributed by atoms with Crippen LogP contribution in [0.1, 0.15) is 44.9 Å². The summed E-state index contributed by atoms with van der Waals surface area (Å²) in [5, 5.41) is 0. The summed E-state index contributed by atoms with van der Waals surface area (Å²) in [7, 11) is 0. The van der Waals surface area contributed by atoms with E-state index in [0.717, 1.165) is 12.3 Å². The van der Waals surface area contributed by atoms with Gasteiger partial charge in [-0.05, 0) is 29.4 Å². The van der Waals surface area contributed by atoms with Gasteiger partial charge in [0.15, 0.2) is 0 Å². The van der Waals surface area contributed by atoms with E-state index in [1.54, 1.807) is 0 Å². The molecule has 0 aliphatic rings. The summed E-state index contributed by atoms with van der Waals surface area (Å²) in [6.45, 7) is 8.81.